The Bertz CT molecular complexity index is 345. The third-order valence-electron chi connectivity index (χ3n) is 3.37. The van der Waals surface area contributed by atoms with Crippen LogP contribution < -0.4 is 0 Å². The smallest absolute Gasteiger partial charge is 0.0233 e. The molecule has 2 rings (SSSR count). The fourth-order valence-corrected chi connectivity index (χ4v) is 2.39. The third-order valence-corrected chi connectivity index (χ3v) is 3.37. The van der Waals surface area contributed by atoms with Crippen LogP contribution in [0.2, 0.25) is 0 Å². The molecule has 1 fully saturated rings. The molecule has 1 aromatic carbocycles. The van der Waals surface area contributed by atoms with Gasteiger partial charge in [-0.2, -0.15) is 0 Å². The van der Waals surface area contributed by atoms with Crippen LogP contribution in [0.4, 0.5) is 0 Å². The minimum atomic E-state index is 0.484. The standard InChI is InChI=1S/C14H20N2/c1-12(15)14-8-5-9-16(11-14)10-13-6-3-2-4-7-13/h2-4,6-7,14-15H,5,8-11H2,1H3. The second-order valence-electron chi connectivity index (χ2n) is 4.74. The number of piperidine rings is 1. The Kier molecular flexibility index (Phi) is 3.73. The van der Waals surface area contributed by atoms with Crippen LogP contribution in [-0.2, 0) is 6.54 Å². The van der Waals surface area contributed by atoms with Crippen LogP contribution in [0.1, 0.15) is 25.3 Å². The van der Waals surface area contributed by atoms with Crippen molar-refractivity contribution in [3.8, 4) is 0 Å². The molecular formula is C14H20N2. The van der Waals surface area contributed by atoms with Crippen LogP contribution in [-0.4, -0.2) is 23.7 Å². The first-order valence-corrected chi connectivity index (χ1v) is 6.07. The van der Waals surface area contributed by atoms with Crippen molar-refractivity contribution in [2.24, 2.45) is 5.92 Å². The van der Waals surface area contributed by atoms with Crippen LogP contribution in [0.3, 0.4) is 0 Å². The Morgan fingerprint density at radius 1 is 1.38 bits per heavy atom. The Balaban J connectivity index is 1.93. The summed E-state index contributed by atoms with van der Waals surface area (Å²) in [5.41, 5.74) is 2.23. The van der Waals surface area contributed by atoms with Crippen molar-refractivity contribution in [3.05, 3.63) is 35.9 Å². The highest BCUT2D eigenvalue weighted by Gasteiger charge is 2.20. The molecule has 0 amide bonds. The van der Waals surface area contributed by atoms with E-state index in [2.05, 4.69) is 35.2 Å². The monoisotopic (exact) mass is 216 g/mol. The molecule has 16 heavy (non-hydrogen) atoms. The number of likely N-dealkylation sites (tertiary alicyclic amines) is 1. The number of hydrogen-bond donors (Lipinski definition) is 1. The fraction of sp³-hybridized carbons (Fsp3) is 0.500. The molecule has 2 heteroatoms. The first-order valence-electron chi connectivity index (χ1n) is 6.07. The minimum absolute atomic E-state index is 0.484. The molecule has 1 saturated heterocycles. The molecule has 1 unspecified atom stereocenters. The number of nitrogens with one attached hydrogen (secondary N) is 1. The summed E-state index contributed by atoms with van der Waals surface area (Å²) in [7, 11) is 0. The normalized spacial score (nSPS) is 21.9. The van der Waals surface area contributed by atoms with Gasteiger partial charge in [0.25, 0.3) is 0 Å². The van der Waals surface area contributed by atoms with Crippen LogP contribution in [0, 0.1) is 11.3 Å². The Morgan fingerprint density at radius 3 is 2.81 bits per heavy atom. The SMILES string of the molecule is CC(=N)C1CCCN(Cc2ccccc2)C1. The molecule has 1 atom stereocenters. The molecule has 0 bridgehead atoms. The van der Waals surface area contributed by atoms with E-state index in [4.69, 9.17) is 5.41 Å². The van der Waals surface area contributed by atoms with E-state index in [1.807, 2.05) is 6.92 Å². The van der Waals surface area contributed by atoms with Crippen LogP contribution >= 0.6 is 0 Å². The Labute approximate surface area is 97.8 Å². The Morgan fingerprint density at radius 2 is 2.12 bits per heavy atom. The predicted molar refractivity (Wildman–Crippen MR) is 67.8 cm³/mol. The van der Waals surface area contributed by atoms with Crippen LogP contribution in [0.25, 0.3) is 0 Å². The zero-order chi connectivity index (χ0) is 11.4. The molecule has 1 aliphatic heterocycles. The van der Waals surface area contributed by atoms with Gasteiger partial charge in [0.05, 0.1) is 0 Å². The molecule has 1 heterocycles. The maximum Gasteiger partial charge on any atom is 0.0233 e. The van der Waals surface area contributed by atoms with Gasteiger partial charge in [0.2, 0.25) is 0 Å². The number of nitrogens with zero attached hydrogens (tertiary/aromatic N) is 1. The molecule has 0 radical (unpaired) electrons. The highest BCUT2D eigenvalue weighted by Crippen LogP contribution is 2.19. The van der Waals surface area contributed by atoms with Gasteiger partial charge in [-0.15, -0.1) is 0 Å². The van der Waals surface area contributed by atoms with E-state index in [1.165, 1.54) is 24.9 Å². The van der Waals surface area contributed by atoms with Crippen molar-refractivity contribution in [2.45, 2.75) is 26.3 Å². The minimum Gasteiger partial charge on any atom is -0.310 e. The average Bonchev–Trinajstić information content (AvgIpc) is 2.30. The van der Waals surface area contributed by atoms with Gasteiger partial charge in [0.1, 0.15) is 0 Å². The highest BCUT2D eigenvalue weighted by molar-refractivity contribution is 5.81. The van der Waals surface area contributed by atoms with Crippen LogP contribution in [0.5, 0.6) is 0 Å². The number of benzene rings is 1. The number of hydrogen-bond acceptors (Lipinski definition) is 2. The largest absolute Gasteiger partial charge is 0.310 e. The molecule has 1 N–H and O–H groups in total. The van der Waals surface area contributed by atoms with Crippen molar-refractivity contribution < 1.29 is 0 Å². The zero-order valence-electron chi connectivity index (χ0n) is 9.95. The maximum absolute atomic E-state index is 7.73. The Hall–Kier alpha value is -1.15. The lowest BCUT2D eigenvalue weighted by atomic mass is 9.94. The van der Waals surface area contributed by atoms with Gasteiger partial charge in [0.15, 0.2) is 0 Å². The first kappa shape index (κ1) is 11.3. The van der Waals surface area contributed by atoms with E-state index in [9.17, 15) is 0 Å². The maximum atomic E-state index is 7.73. The molecule has 0 spiro atoms. The molecule has 0 aliphatic carbocycles. The van der Waals surface area contributed by atoms with E-state index in [-0.39, 0.29) is 0 Å². The van der Waals surface area contributed by atoms with Crippen molar-refractivity contribution in [1.82, 2.24) is 4.90 Å². The summed E-state index contributed by atoms with van der Waals surface area (Å²) in [5.74, 6) is 0.484. The quantitative estimate of drug-likeness (QED) is 0.773. The van der Waals surface area contributed by atoms with Crippen molar-refractivity contribution in [2.75, 3.05) is 13.1 Å². The van der Waals surface area contributed by atoms with E-state index in [1.54, 1.807) is 0 Å². The van der Waals surface area contributed by atoms with Crippen molar-refractivity contribution >= 4 is 5.71 Å². The van der Waals surface area contributed by atoms with Gasteiger partial charge in [-0.3, -0.25) is 4.90 Å². The second kappa shape index (κ2) is 5.26. The highest BCUT2D eigenvalue weighted by atomic mass is 15.1. The van der Waals surface area contributed by atoms with Gasteiger partial charge in [-0.1, -0.05) is 30.3 Å². The molecule has 0 saturated carbocycles. The van der Waals surface area contributed by atoms with E-state index < -0.39 is 0 Å². The molecule has 1 aromatic rings. The molecule has 1 aliphatic rings. The molecule has 2 nitrogen and oxygen atoms in total. The van der Waals surface area contributed by atoms with Crippen LogP contribution in [0.15, 0.2) is 30.3 Å². The fourth-order valence-electron chi connectivity index (χ4n) is 2.39. The summed E-state index contributed by atoms with van der Waals surface area (Å²) < 4.78 is 0. The van der Waals surface area contributed by atoms with Gasteiger partial charge >= 0.3 is 0 Å². The van der Waals surface area contributed by atoms with Crippen molar-refractivity contribution in [3.63, 3.8) is 0 Å². The number of rotatable bonds is 3. The van der Waals surface area contributed by atoms with E-state index >= 15 is 0 Å². The lowest BCUT2D eigenvalue weighted by Crippen LogP contribution is -2.37. The summed E-state index contributed by atoms with van der Waals surface area (Å²) >= 11 is 0. The van der Waals surface area contributed by atoms with E-state index in [0.717, 1.165) is 18.8 Å². The lowest BCUT2D eigenvalue weighted by molar-refractivity contribution is 0.196. The summed E-state index contributed by atoms with van der Waals surface area (Å²) in [6.45, 7) is 5.21. The topological polar surface area (TPSA) is 27.1 Å². The third kappa shape index (κ3) is 2.92. The molecular weight excluding hydrogens is 196 g/mol. The molecule has 86 valence electrons. The van der Waals surface area contributed by atoms with Crippen molar-refractivity contribution in [1.29, 1.82) is 5.41 Å². The lowest BCUT2D eigenvalue weighted by Gasteiger charge is -2.32. The average molecular weight is 216 g/mol. The predicted octanol–water partition coefficient (Wildman–Crippen LogP) is 2.94. The van der Waals surface area contributed by atoms with Gasteiger partial charge < -0.3 is 5.41 Å². The molecule has 0 aromatic heterocycles. The summed E-state index contributed by atoms with van der Waals surface area (Å²) in [6, 6.07) is 10.6. The van der Waals surface area contributed by atoms with Gasteiger partial charge in [-0.05, 0) is 31.9 Å². The first-order chi connectivity index (χ1) is 7.75. The van der Waals surface area contributed by atoms with E-state index in [0.29, 0.717) is 5.92 Å². The summed E-state index contributed by atoms with van der Waals surface area (Å²) in [5, 5.41) is 7.73. The second-order valence-corrected chi connectivity index (χ2v) is 4.74. The summed E-state index contributed by atoms with van der Waals surface area (Å²) in [6.07, 6.45) is 2.42. The van der Waals surface area contributed by atoms with Gasteiger partial charge in [0, 0.05) is 24.7 Å². The summed E-state index contributed by atoms with van der Waals surface area (Å²) in [4.78, 5) is 2.47. The zero-order valence-corrected chi connectivity index (χ0v) is 9.95. The van der Waals surface area contributed by atoms with Gasteiger partial charge in [-0.25, -0.2) is 0 Å².